The minimum atomic E-state index is -0.519. The van der Waals surface area contributed by atoms with Gasteiger partial charge in [0.05, 0.1) is 17.6 Å². The number of hydrogen-bond acceptors (Lipinski definition) is 5. The average Bonchev–Trinajstić information content (AvgIpc) is 3.19. The lowest BCUT2D eigenvalue weighted by molar-refractivity contribution is 0.0599. The van der Waals surface area contributed by atoms with Crippen LogP contribution < -0.4 is 10.9 Å². The third-order valence-corrected chi connectivity index (χ3v) is 6.13. The van der Waals surface area contributed by atoms with Crippen LogP contribution in [0.1, 0.15) is 65.6 Å². The van der Waals surface area contributed by atoms with Crippen molar-refractivity contribution in [3.05, 3.63) is 43.9 Å². The molecule has 0 aromatic carbocycles. The van der Waals surface area contributed by atoms with Gasteiger partial charge in [0.15, 0.2) is 0 Å². The van der Waals surface area contributed by atoms with Crippen molar-refractivity contribution in [3.8, 4) is 0 Å². The van der Waals surface area contributed by atoms with E-state index in [1.54, 1.807) is 13.8 Å². The Morgan fingerprint density at radius 1 is 1.22 bits per heavy atom. The maximum Gasteiger partial charge on any atom is 0.339 e. The standard InChI is InChI=1S/C19H23N3O4S/c1-9-5-6-13-12(7-9)8-14(27-13)17(23)21-22-18(24)16-10(2)15(11(3)20-16)19(25)26-4/h8-9,20H,5-7H2,1-4H3,(H,21,23)(H,22,24). The molecular weight excluding hydrogens is 366 g/mol. The molecule has 27 heavy (non-hydrogen) atoms. The van der Waals surface area contributed by atoms with Gasteiger partial charge in [-0.1, -0.05) is 6.92 Å². The van der Waals surface area contributed by atoms with Crippen molar-refractivity contribution in [3.63, 3.8) is 0 Å². The highest BCUT2D eigenvalue weighted by molar-refractivity contribution is 7.14. The Morgan fingerprint density at radius 2 is 1.93 bits per heavy atom. The maximum absolute atomic E-state index is 12.4. The van der Waals surface area contributed by atoms with Gasteiger partial charge >= 0.3 is 5.97 Å². The number of esters is 1. The van der Waals surface area contributed by atoms with Crippen LogP contribution in [0.2, 0.25) is 0 Å². The molecule has 144 valence electrons. The van der Waals surface area contributed by atoms with Gasteiger partial charge in [-0.05, 0) is 56.2 Å². The van der Waals surface area contributed by atoms with E-state index in [0.717, 1.165) is 19.3 Å². The Kier molecular flexibility index (Phi) is 5.36. The van der Waals surface area contributed by atoms with Gasteiger partial charge in [-0.2, -0.15) is 0 Å². The lowest BCUT2D eigenvalue weighted by Gasteiger charge is -2.16. The summed E-state index contributed by atoms with van der Waals surface area (Å²) in [6, 6.07) is 1.91. The smallest absolute Gasteiger partial charge is 0.339 e. The molecule has 2 aromatic rings. The van der Waals surface area contributed by atoms with Crippen molar-refractivity contribution in [2.24, 2.45) is 5.92 Å². The lowest BCUT2D eigenvalue weighted by Crippen LogP contribution is -2.41. The fraction of sp³-hybridized carbons (Fsp3) is 0.421. The minimum absolute atomic E-state index is 0.215. The number of aromatic amines is 1. The third-order valence-electron chi connectivity index (χ3n) is 4.90. The van der Waals surface area contributed by atoms with Crippen LogP contribution in [-0.4, -0.2) is 29.9 Å². The fourth-order valence-electron chi connectivity index (χ4n) is 3.44. The number of rotatable bonds is 3. The highest BCUT2D eigenvalue weighted by atomic mass is 32.1. The summed E-state index contributed by atoms with van der Waals surface area (Å²) >= 11 is 1.48. The van der Waals surface area contributed by atoms with E-state index >= 15 is 0 Å². The number of hydrazine groups is 1. The second-order valence-electron chi connectivity index (χ2n) is 6.93. The van der Waals surface area contributed by atoms with Crippen molar-refractivity contribution < 1.29 is 19.1 Å². The number of ether oxygens (including phenoxy) is 1. The summed E-state index contributed by atoms with van der Waals surface area (Å²) < 4.78 is 4.74. The van der Waals surface area contributed by atoms with Crippen molar-refractivity contribution in [2.45, 2.75) is 40.0 Å². The number of hydrogen-bond donors (Lipinski definition) is 3. The summed E-state index contributed by atoms with van der Waals surface area (Å²) in [4.78, 5) is 41.3. The number of carbonyl (C=O) groups is 3. The molecule has 0 aliphatic heterocycles. The molecule has 3 N–H and O–H groups in total. The Bertz CT molecular complexity index is 912. The second kappa shape index (κ2) is 7.56. The topological polar surface area (TPSA) is 100 Å². The molecule has 1 atom stereocenters. The number of carbonyl (C=O) groups excluding carboxylic acids is 3. The van der Waals surface area contributed by atoms with E-state index in [2.05, 4.69) is 22.8 Å². The van der Waals surface area contributed by atoms with Crippen LogP contribution >= 0.6 is 11.3 Å². The van der Waals surface area contributed by atoms with Crippen LogP contribution in [0.4, 0.5) is 0 Å². The largest absolute Gasteiger partial charge is 0.465 e. The van der Waals surface area contributed by atoms with Crippen molar-refractivity contribution in [1.29, 1.82) is 0 Å². The molecule has 8 heteroatoms. The number of aromatic nitrogens is 1. The maximum atomic E-state index is 12.4. The molecule has 2 amide bonds. The van der Waals surface area contributed by atoms with Gasteiger partial charge < -0.3 is 9.72 Å². The molecule has 1 unspecified atom stereocenters. The number of fused-ring (bicyclic) bond motifs is 1. The predicted molar refractivity (Wildman–Crippen MR) is 102 cm³/mol. The van der Waals surface area contributed by atoms with Crippen LogP contribution in [0.15, 0.2) is 6.07 Å². The van der Waals surface area contributed by atoms with Gasteiger partial charge in [0.25, 0.3) is 11.8 Å². The molecule has 0 saturated heterocycles. The van der Waals surface area contributed by atoms with E-state index in [0.29, 0.717) is 27.6 Å². The third kappa shape index (κ3) is 3.75. The molecule has 3 rings (SSSR count). The van der Waals surface area contributed by atoms with Crippen molar-refractivity contribution in [2.75, 3.05) is 7.11 Å². The highest BCUT2D eigenvalue weighted by Crippen LogP contribution is 2.32. The van der Waals surface area contributed by atoms with Crippen LogP contribution in [-0.2, 0) is 17.6 Å². The van der Waals surface area contributed by atoms with Crippen LogP contribution in [0, 0.1) is 19.8 Å². The van der Waals surface area contributed by atoms with Crippen LogP contribution in [0.25, 0.3) is 0 Å². The van der Waals surface area contributed by atoms with Gasteiger partial charge in [-0.15, -0.1) is 11.3 Å². The molecule has 2 aromatic heterocycles. The first-order valence-electron chi connectivity index (χ1n) is 8.81. The molecule has 0 fully saturated rings. The van der Waals surface area contributed by atoms with Crippen LogP contribution in [0.3, 0.4) is 0 Å². The monoisotopic (exact) mass is 389 g/mol. The number of nitrogens with one attached hydrogen (secondary N) is 3. The Labute approximate surface area is 161 Å². The quantitative estimate of drug-likeness (QED) is 0.555. The van der Waals surface area contributed by atoms with Crippen molar-refractivity contribution in [1.82, 2.24) is 15.8 Å². The molecule has 2 heterocycles. The van der Waals surface area contributed by atoms with E-state index in [4.69, 9.17) is 4.74 Å². The zero-order valence-corrected chi connectivity index (χ0v) is 16.6. The highest BCUT2D eigenvalue weighted by Gasteiger charge is 2.24. The number of thiophene rings is 1. The SMILES string of the molecule is COC(=O)c1c(C)[nH]c(C(=O)NNC(=O)c2cc3c(s2)CCC(C)C3)c1C. The number of aryl methyl sites for hydroxylation is 2. The summed E-state index contributed by atoms with van der Waals surface area (Å²) in [7, 11) is 1.29. The first kappa shape index (κ1) is 19.2. The fourth-order valence-corrected chi connectivity index (χ4v) is 4.54. The molecule has 0 saturated carbocycles. The predicted octanol–water partition coefficient (Wildman–Crippen LogP) is 2.68. The Hall–Kier alpha value is -2.61. The summed E-state index contributed by atoms with van der Waals surface area (Å²) in [6.07, 6.45) is 3.13. The molecule has 0 spiro atoms. The first-order valence-corrected chi connectivity index (χ1v) is 9.63. The number of methoxy groups -OCH3 is 1. The summed E-state index contributed by atoms with van der Waals surface area (Å²) in [5.41, 5.74) is 7.65. The van der Waals surface area contributed by atoms with E-state index < -0.39 is 11.9 Å². The number of H-pyrrole nitrogens is 1. The van der Waals surface area contributed by atoms with E-state index in [9.17, 15) is 14.4 Å². The van der Waals surface area contributed by atoms with Gasteiger partial charge in [0, 0.05) is 10.6 Å². The van der Waals surface area contributed by atoms with E-state index in [1.807, 2.05) is 6.07 Å². The minimum Gasteiger partial charge on any atom is -0.465 e. The zero-order chi connectivity index (χ0) is 19.7. The summed E-state index contributed by atoms with van der Waals surface area (Å²) in [5, 5.41) is 0. The summed E-state index contributed by atoms with van der Waals surface area (Å²) in [5.74, 6) is -0.743. The molecule has 7 nitrogen and oxygen atoms in total. The average molecular weight is 389 g/mol. The van der Waals surface area contributed by atoms with E-state index in [1.165, 1.54) is 28.9 Å². The van der Waals surface area contributed by atoms with Gasteiger partial charge in [-0.3, -0.25) is 20.4 Å². The molecule has 1 aliphatic carbocycles. The molecule has 0 radical (unpaired) electrons. The molecular formula is C19H23N3O4S. The van der Waals surface area contributed by atoms with E-state index in [-0.39, 0.29) is 11.6 Å². The zero-order valence-electron chi connectivity index (χ0n) is 15.8. The van der Waals surface area contributed by atoms with Crippen LogP contribution in [0.5, 0.6) is 0 Å². The lowest BCUT2D eigenvalue weighted by atomic mass is 9.90. The Morgan fingerprint density at radius 3 is 2.63 bits per heavy atom. The van der Waals surface area contributed by atoms with Crippen molar-refractivity contribution >= 4 is 29.1 Å². The Balaban J connectivity index is 1.68. The van der Waals surface area contributed by atoms with Gasteiger partial charge in [-0.25, -0.2) is 4.79 Å². The molecule has 0 bridgehead atoms. The number of amides is 2. The second-order valence-corrected chi connectivity index (χ2v) is 8.07. The van der Waals surface area contributed by atoms with Gasteiger partial charge in [0.1, 0.15) is 5.69 Å². The van der Waals surface area contributed by atoms with Gasteiger partial charge in [0.2, 0.25) is 0 Å². The normalized spacial score (nSPS) is 15.8. The molecule has 1 aliphatic rings. The first-order chi connectivity index (χ1) is 12.8. The summed E-state index contributed by atoms with van der Waals surface area (Å²) in [6.45, 7) is 5.55.